The summed E-state index contributed by atoms with van der Waals surface area (Å²) in [6, 6.07) is 16.9. The van der Waals surface area contributed by atoms with Crippen LogP contribution in [0.1, 0.15) is 29.2 Å². The summed E-state index contributed by atoms with van der Waals surface area (Å²) in [7, 11) is -0.997. The van der Waals surface area contributed by atoms with Crippen LogP contribution in [0.15, 0.2) is 76.7 Å². The molecule has 0 radical (unpaired) electrons. The highest BCUT2D eigenvalue weighted by atomic mass is 32.2. The van der Waals surface area contributed by atoms with Crippen molar-refractivity contribution >= 4 is 21.4 Å². The van der Waals surface area contributed by atoms with Crippen molar-refractivity contribution in [1.82, 2.24) is 4.41 Å². The first-order valence-electron chi connectivity index (χ1n) is 10.4. The molecule has 3 aromatic rings. The number of nitro groups is 1. The van der Waals surface area contributed by atoms with Crippen molar-refractivity contribution in [2.24, 2.45) is 5.10 Å². The minimum Gasteiger partial charge on any atom is -0.493 e. The number of nitrogens with zero attached hydrogens (tertiary/aromatic N) is 3. The molecule has 176 valence electrons. The van der Waals surface area contributed by atoms with E-state index >= 15 is 0 Å². The highest BCUT2D eigenvalue weighted by Gasteiger charge is 2.38. The predicted molar refractivity (Wildman–Crippen MR) is 127 cm³/mol. The lowest BCUT2D eigenvalue weighted by atomic mass is 9.98. The molecule has 0 unspecified atom stereocenters. The molecule has 1 heterocycles. The molecule has 0 saturated carbocycles. The minimum atomic E-state index is -4.04. The highest BCUT2D eigenvalue weighted by Crippen LogP contribution is 2.39. The van der Waals surface area contributed by atoms with E-state index in [1.807, 2.05) is 6.92 Å². The zero-order valence-electron chi connectivity index (χ0n) is 18.8. The zero-order valence-corrected chi connectivity index (χ0v) is 19.7. The summed E-state index contributed by atoms with van der Waals surface area (Å²) >= 11 is 0. The Hall–Kier alpha value is -3.92. The second kappa shape index (κ2) is 9.14. The molecule has 0 fully saturated rings. The number of hydrazone groups is 1. The Balaban J connectivity index is 1.82. The highest BCUT2D eigenvalue weighted by molar-refractivity contribution is 7.89. The van der Waals surface area contributed by atoms with Gasteiger partial charge in [-0.3, -0.25) is 10.1 Å². The van der Waals surface area contributed by atoms with Gasteiger partial charge in [0.2, 0.25) is 0 Å². The number of rotatable bonds is 7. The third-order valence-corrected chi connectivity index (χ3v) is 7.32. The predicted octanol–water partition coefficient (Wildman–Crippen LogP) is 4.46. The number of benzene rings is 3. The summed E-state index contributed by atoms with van der Waals surface area (Å²) < 4.78 is 38.9. The van der Waals surface area contributed by atoms with E-state index in [0.717, 1.165) is 9.98 Å². The Morgan fingerprint density at radius 1 is 1.00 bits per heavy atom. The number of methoxy groups -OCH3 is 2. The maximum atomic E-state index is 13.6. The number of hydrogen-bond donors (Lipinski definition) is 0. The molecule has 0 saturated heterocycles. The fraction of sp³-hybridized carbons (Fsp3) is 0.208. The molecule has 1 aliphatic rings. The Kier molecular flexibility index (Phi) is 6.25. The van der Waals surface area contributed by atoms with Gasteiger partial charge in [0.05, 0.1) is 35.8 Å². The Morgan fingerprint density at radius 2 is 1.71 bits per heavy atom. The van der Waals surface area contributed by atoms with E-state index < -0.39 is 21.0 Å². The van der Waals surface area contributed by atoms with Gasteiger partial charge in [-0.15, -0.1) is 0 Å². The summed E-state index contributed by atoms with van der Waals surface area (Å²) in [6.07, 6.45) is 0.224. The van der Waals surface area contributed by atoms with Crippen LogP contribution in [0.4, 0.5) is 5.69 Å². The van der Waals surface area contributed by atoms with E-state index in [2.05, 4.69) is 5.10 Å². The van der Waals surface area contributed by atoms with Crippen molar-refractivity contribution in [1.29, 1.82) is 0 Å². The van der Waals surface area contributed by atoms with E-state index in [-0.39, 0.29) is 17.0 Å². The van der Waals surface area contributed by atoms with Crippen LogP contribution < -0.4 is 9.47 Å². The van der Waals surface area contributed by atoms with Gasteiger partial charge >= 0.3 is 0 Å². The van der Waals surface area contributed by atoms with Crippen LogP contribution >= 0.6 is 0 Å². The van der Waals surface area contributed by atoms with Crippen molar-refractivity contribution in [3.8, 4) is 11.5 Å². The van der Waals surface area contributed by atoms with Crippen LogP contribution in [-0.2, 0) is 10.0 Å². The van der Waals surface area contributed by atoms with Crippen molar-refractivity contribution < 1.29 is 22.8 Å². The van der Waals surface area contributed by atoms with Crippen LogP contribution in [0.5, 0.6) is 11.5 Å². The molecule has 34 heavy (non-hydrogen) atoms. The number of ether oxygens (including phenoxy) is 2. The van der Waals surface area contributed by atoms with Gasteiger partial charge in [0.1, 0.15) is 0 Å². The molecule has 0 amide bonds. The van der Waals surface area contributed by atoms with Crippen LogP contribution in [0.2, 0.25) is 0 Å². The Morgan fingerprint density at radius 3 is 2.35 bits per heavy atom. The fourth-order valence-corrected chi connectivity index (χ4v) is 5.25. The van der Waals surface area contributed by atoms with Gasteiger partial charge in [-0.05, 0) is 42.8 Å². The molecule has 3 aromatic carbocycles. The molecular formula is C24H23N3O6S. The maximum absolute atomic E-state index is 13.6. The van der Waals surface area contributed by atoms with Crippen molar-refractivity contribution in [2.45, 2.75) is 24.3 Å². The van der Waals surface area contributed by atoms with E-state index in [1.54, 1.807) is 42.5 Å². The van der Waals surface area contributed by atoms with Crippen molar-refractivity contribution in [3.63, 3.8) is 0 Å². The fourth-order valence-electron chi connectivity index (χ4n) is 3.81. The average Bonchev–Trinajstić information content (AvgIpc) is 3.30. The summed E-state index contributed by atoms with van der Waals surface area (Å²) in [5.74, 6) is 1.01. The van der Waals surface area contributed by atoms with Gasteiger partial charge in [0.25, 0.3) is 15.7 Å². The van der Waals surface area contributed by atoms with Gasteiger partial charge in [-0.2, -0.15) is 17.9 Å². The van der Waals surface area contributed by atoms with Crippen LogP contribution in [0, 0.1) is 17.0 Å². The molecule has 10 heteroatoms. The van der Waals surface area contributed by atoms with Crippen LogP contribution in [0.3, 0.4) is 0 Å². The standard InChI is InChI=1S/C24H23N3O6S/c1-16-7-10-20(11-8-16)34(30,31)26-22(18-5-4-6-19(13-18)27(28)29)15-21(25-26)17-9-12-23(32-2)24(14-17)33-3/h4-14,22H,15H2,1-3H3/t22-/m0/s1. The van der Waals surface area contributed by atoms with Crippen LogP contribution in [-0.4, -0.2) is 37.7 Å². The quantitative estimate of drug-likeness (QED) is 0.364. The molecule has 9 nitrogen and oxygen atoms in total. The lowest BCUT2D eigenvalue weighted by Gasteiger charge is -2.23. The molecule has 1 atom stereocenters. The lowest BCUT2D eigenvalue weighted by Crippen LogP contribution is -2.27. The molecule has 4 rings (SSSR count). The molecule has 0 bridgehead atoms. The summed E-state index contributed by atoms with van der Waals surface area (Å²) in [5.41, 5.74) is 2.45. The van der Waals surface area contributed by atoms with E-state index in [9.17, 15) is 18.5 Å². The van der Waals surface area contributed by atoms with E-state index in [1.165, 1.54) is 38.5 Å². The van der Waals surface area contributed by atoms with E-state index in [0.29, 0.717) is 28.3 Å². The molecule has 0 N–H and O–H groups in total. The number of hydrogen-bond acceptors (Lipinski definition) is 7. The lowest BCUT2D eigenvalue weighted by molar-refractivity contribution is -0.384. The first-order chi connectivity index (χ1) is 16.2. The second-order valence-electron chi connectivity index (χ2n) is 7.78. The molecule has 1 aliphatic heterocycles. The molecule has 0 aliphatic carbocycles. The van der Waals surface area contributed by atoms with Gasteiger partial charge in [-0.1, -0.05) is 29.8 Å². The van der Waals surface area contributed by atoms with Crippen molar-refractivity contribution in [3.05, 3.63) is 93.5 Å². The monoisotopic (exact) mass is 481 g/mol. The van der Waals surface area contributed by atoms with E-state index in [4.69, 9.17) is 9.47 Å². The van der Waals surface area contributed by atoms with Gasteiger partial charge in [0.15, 0.2) is 11.5 Å². The summed E-state index contributed by atoms with van der Waals surface area (Å²) in [6.45, 7) is 1.87. The van der Waals surface area contributed by atoms with Gasteiger partial charge in [0, 0.05) is 24.1 Å². The molecule has 0 spiro atoms. The number of aryl methyl sites for hydroxylation is 1. The third-order valence-electron chi connectivity index (χ3n) is 5.62. The molecular weight excluding hydrogens is 458 g/mol. The zero-order chi connectivity index (χ0) is 24.5. The van der Waals surface area contributed by atoms with Crippen LogP contribution in [0.25, 0.3) is 0 Å². The minimum absolute atomic E-state index is 0.0887. The largest absolute Gasteiger partial charge is 0.493 e. The first kappa shape index (κ1) is 23.2. The maximum Gasteiger partial charge on any atom is 0.279 e. The first-order valence-corrected chi connectivity index (χ1v) is 11.8. The summed E-state index contributed by atoms with van der Waals surface area (Å²) in [5, 5.41) is 15.8. The average molecular weight is 482 g/mol. The normalized spacial score (nSPS) is 15.7. The van der Waals surface area contributed by atoms with Gasteiger partial charge in [-0.25, -0.2) is 0 Å². The smallest absolute Gasteiger partial charge is 0.279 e. The topological polar surface area (TPSA) is 111 Å². The SMILES string of the molecule is COc1ccc(C2=NN(S(=O)(=O)c3ccc(C)cc3)[C@H](c3cccc([N+](=O)[O-])c3)C2)cc1OC. The third kappa shape index (κ3) is 4.32. The Bertz CT molecular complexity index is 1370. The molecule has 0 aromatic heterocycles. The number of sulfonamides is 1. The number of non-ortho nitro benzene ring substituents is 1. The second-order valence-corrected chi connectivity index (χ2v) is 9.57. The van der Waals surface area contributed by atoms with Gasteiger partial charge < -0.3 is 9.47 Å². The number of nitro benzene ring substituents is 1. The Labute approximate surface area is 197 Å². The summed E-state index contributed by atoms with van der Waals surface area (Å²) in [4.78, 5) is 10.9. The van der Waals surface area contributed by atoms with Crippen molar-refractivity contribution in [2.75, 3.05) is 14.2 Å².